The summed E-state index contributed by atoms with van der Waals surface area (Å²) in [6, 6.07) is 12.7. The molecule has 2 aromatic rings. The van der Waals surface area contributed by atoms with Gasteiger partial charge in [0.05, 0.1) is 5.69 Å². The van der Waals surface area contributed by atoms with E-state index in [4.69, 9.17) is 0 Å². The Balaban J connectivity index is 1.67. The zero-order chi connectivity index (χ0) is 16.8. The standard InChI is InChI=1S/C18H15FN2O2S/c1-11-2-8-14(9-3-11)20-16(22)15-10-24-17(21(15)18(20)23)12-4-6-13(19)7-5-12/h2-9,15,17H,10H2,1H3/t15-,17-/m1/s1. The van der Waals surface area contributed by atoms with Crippen molar-refractivity contribution in [2.75, 3.05) is 10.7 Å². The summed E-state index contributed by atoms with van der Waals surface area (Å²) >= 11 is 1.54. The number of carbonyl (C=O) groups is 2. The molecule has 4 rings (SSSR count). The lowest BCUT2D eigenvalue weighted by molar-refractivity contribution is -0.119. The summed E-state index contributed by atoms with van der Waals surface area (Å²) in [6.45, 7) is 1.96. The Bertz CT molecular complexity index is 807. The van der Waals surface area contributed by atoms with Gasteiger partial charge < -0.3 is 0 Å². The molecule has 3 amide bonds. The van der Waals surface area contributed by atoms with Gasteiger partial charge in [-0.3, -0.25) is 9.69 Å². The SMILES string of the molecule is Cc1ccc(N2C(=O)[C@H]3CS[C@H](c4ccc(F)cc4)N3C2=O)cc1. The molecule has 122 valence electrons. The molecule has 0 saturated carbocycles. The summed E-state index contributed by atoms with van der Waals surface area (Å²) in [5.74, 6) is 0.0407. The van der Waals surface area contributed by atoms with Crippen molar-refractivity contribution >= 4 is 29.4 Å². The molecular weight excluding hydrogens is 327 g/mol. The molecule has 0 aromatic heterocycles. The second-order valence-electron chi connectivity index (χ2n) is 5.95. The van der Waals surface area contributed by atoms with Gasteiger partial charge in [-0.15, -0.1) is 11.8 Å². The van der Waals surface area contributed by atoms with Crippen LogP contribution in [0.4, 0.5) is 14.9 Å². The molecular formula is C18H15FN2O2S. The molecule has 0 unspecified atom stereocenters. The van der Waals surface area contributed by atoms with E-state index in [0.717, 1.165) is 11.1 Å². The van der Waals surface area contributed by atoms with E-state index in [1.54, 1.807) is 29.2 Å². The normalized spacial score (nSPS) is 23.1. The molecule has 2 saturated heterocycles. The van der Waals surface area contributed by atoms with Crippen LogP contribution in [-0.4, -0.2) is 28.6 Å². The van der Waals surface area contributed by atoms with Crippen LogP contribution >= 0.6 is 11.8 Å². The largest absolute Gasteiger partial charge is 0.333 e. The highest BCUT2D eigenvalue weighted by Gasteiger charge is 2.53. The maximum atomic E-state index is 13.1. The maximum absolute atomic E-state index is 13.1. The summed E-state index contributed by atoms with van der Waals surface area (Å²) < 4.78 is 13.1. The third-order valence-electron chi connectivity index (χ3n) is 4.37. The lowest BCUT2D eigenvalue weighted by Gasteiger charge is -2.23. The molecule has 0 bridgehead atoms. The Morgan fingerprint density at radius 2 is 1.71 bits per heavy atom. The minimum Gasteiger partial charge on any atom is -0.295 e. The van der Waals surface area contributed by atoms with Crippen LogP contribution in [0.25, 0.3) is 0 Å². The topological polar surface area (TPSA) is 40.6 Å². The van der Waals surface area contributed by atoms with E-state index in [9.17, 15) is 14.0 Å². The molecule has 0 spiro atoms. The molecule has 2 aromatic carbocycles. The average molecular weight is 342 g/mol. The lowest BCUT2D eigenvalue weighted by atomic mass is 10.2. The Hall–Kier alpha value is -2.34. The van der Waals surface area contributed by atoms with E-state index in [1.807, 2.05) is 19.1 Å². The van der Waals surface area contributed by atoms with Gasteiger partial charge in [-0.05, 0) is 36.8 Å². The Morgan fingerprint density at radius 3 is 2.38 bits per heavy atom. The van der Waals surface area contributed by atoms with Crippen LogP contribution < -0.4 is 4.90 Å². The Kier molecular flexibility index (Phi) is 3.57. The predicted molar refractivity (Wildman–Crippen MR) is 91.3 cm³/mol. The summed E-state index contributed by atoms with van der Waals surface area (Å²) in [7, 11) is 0. The maximum Gasteiger partial charge on any atom is 0.333 e. The van der Waals surface area contributed by atoms with Crippen LogP contribution in [0.1, 0.15) is 16.5 Å². The number of fused-ring (bicyclic) bond motifs is 1. The van der Waals surface area contributed by atoms with Gasteiger partial charge >= 0.3 is 6.03 Å². The number of imide groups is 1. The van der Waals surface area contributed by atoms with E-state index in [-0.39, 0.29) is 23.1 Å². The van der Waals surface area contributed by atoms with E-state index in [0.29, 0.717) is 11.4 Å². The van der Waals surface area contributed by atoms with Crippen molar-refractivity contribution in [2.24, 2.45) is 0 Å². The number of hydrogen-bond acceptors (Lipinski definition) is 3. The number of carbonyl (C=O) groups excluding carboxylic acids is 2. The van der Waals surface area contributed by atoms with Crippen LogP contribution in [-0.2, 0) is 4.79 Å². The number of rotatable bonds is 2. The van der Waals surface area contributed by atoms with Crippen molar-refractivity contribution in [2.45, 2.75) is 18.3 Å². The third-order valence-corrected chi connectivity index (χ3v) is 5.69. The molecule has 2 fully saturated rings. The number of thioether (sulfide) groups is 1. The van der Waals surface area contributed by atoms with Gasteiger partial charge in [0.15, 0.2) is 0 Å². The van der Waals surface area contributed by atoms with E-state index < -0.39 is 6.04 Å². The van der Waals surface area contributed by atoms with Crippen molar-refractivity contribution in [3.05, 3.63) is 65.5 Å². The van der Waals surface area contributed by atoms with E-state index in [2.05, 4.69) is 0 Å². The van der Waals surface area contributed by atoms with Gasteiger partial charge in [0.25, 0.3) is 5.91 Å². The molecule has 24 heavy (non-hydrogen) atoms. The molecule has 0 radical (unpaired) electrons. The first kappa shape index (κ1) is 15.2. The van der Waals surface area contributed by atoms with Crippen molar-refractivity contribution in [1.29, 1.82) is 0 Å². The summed E-state index contributed by atoms with van der Waals surface area (Å²) in [6.07, 6.45) is 0. The zero-order valence-electron chi connectivity index (χ0n) is 13.0. The van der Waals surface area contributed by atoms with E-state index >= 15 is 0 Å². The minimum absolute atomic E-state index is 0.194. The van der Waals surface area contributed by atoms with Crippen LogP contribution in [0.2, 0.25) is 0 Å². The molecule has 2 heterocycles. The second kappa shape index (κ2) is 5.63. The van der Waals surface area contributed by atoms with Gasteiger partial charge in [-0.1, -0.05) is 29.8 Å². The van der Waals surface area contributed by atoms with Crippen LogP contribution in [0.3, 0.4) is 0 Å². The molecule has 0 aliphatic carbocycles. The number of nitrogens with zero attached hydrogens (tertiary/aromatic N) is 2. The first-order chi connectivity index (χ1) is 11.6. The third kappa shape index (κ3) is 2.29. The molecule has 0 N–H and O–H groups in total. The summed E-state index contributed by atoms with van der Waals surface area (Å²) in [4.78, 5) is 28.4. The number of benzene rings is 2. The van der Waals surface area contributed by atoms with Crippen molar-refractivity contribution in [1.82, 2.24) is 4.90 Å². The van der Waals surface area contributed by atoms with Crippen LogP contribution in [0, 0.1) is 12.7 Å². The smallest absolute Gasteiger partial charge is 0.295 e. The first-order valence-corrected chi connectivity index (χ1v) is 8.71. The molecule has 2 aliphatic heterocycles. The zero-order valence-corrected chi connectivity index (χ0v) is 13.8. The highest BCUT2D eigenvalue weighted by molar-refractivity contribution is 7.99. The lowest BCUT2D eigenvalue weighted by Crippen LogP contribution is -2.33. The molecule has 4 nitrogen and oxygen atoms in total. The Labute approximate surface area is 143 Å². The van der Waals surface area contributed by atoms with E-state index in [1.165, 1.54) is 28.8 Å². The molecule has 2 atom stereocenters. The quantitative estimate of drug-likeness (QED) is 0.781. The highest BCUT2D eigenvalue weighted by atomic mass is 32.2. The van der Waals surface area contributed by atoms with Gasteiger partial charge in [-0.2, -0.15) is 0 Å². The molecule has 2 aliphatic rings. The average Bonchev–Trinajstić information content (AvgIpc) is 3.11. The van der Waals surface area contributed by atoms with Crippen molar-refractivity contribution in [3.63, 3.8) is 0 Å². The summed E-state index contributed by atoms with van der Waals surface area (Å²) in [5.41, 5.74) is 2.49. The number of hydrogen-bond donors (Lipinski definition) is 0. The van der Waals surface area contributed by atoms with Gasteiger partial charge in [0, 0.05) is 5.75 Å². The van der Waals surface area contributed by atoms with Crippen LogP contribution in [0.5, 0.6) is 0 Å². The molecule has 6 heteroatoms. The van der Waals surface area contributed by atoms with Gasteiger partial charge in [0.1, 0.15) is 17.2 Å². The number of halogens is 1. The highest BCUT2D eigenvalue weighted by Crippen LogP contribution is 2.46. The minimum atomic E-state index is -0.459. The second-order valence-corrected chi connectivity index (χ2v) is 7.07. The fourth-order valence-corrected chi connectivity index (χ4v) is 4.52. The Morgan fingerprint density at radius 1 is 1.04 bits per heavy atom. The number of urea groups is 1. The number of amides is 3. The van der Waals surface area contributed by atoms with Crippen molar-refractivity contribution in [3.8, 4) is 0 Å². The fraction of sp³-hybridized carbons (Fsp3) is 0.222. The summed E-state index contributed by atoms with van der Waals surface area (Å²) in [5, 5.41) is -0.262. The first-order valence-electron chi connectivity index (χ1n) is 7.66. The van der Waals surface area contributed by atoms with Crippen LogP contribution in [0.15, 0.2) is 48.5 Å². The fourth-order valence-electron chi connectivity index (χ4n) is 3.10. The predicted octanol–water partition coefficient (Wildman–Crippen LogP) is 3.72. The number of aryl methyl sites for hydroxylation is 1. The number of anilines is 1. The van der Waals surface area contributed by atoms with Gasteiger partial charge in [0.2, 0.25) is 0 Å². The van der Waals surface area contributed by atoms with Crippen molar-refractivity contribution < 1.29 is 14.0 Å². The monoisotopic (exact) mass is 342 g/mol. The van der Waals surface area contributed by atoms with Gasteiger partial charge in [-0.25, -0.2) is 14.1 Å².